The van der Waals surface area contributed by atoms with Crippen LogP contribution in [0, 0.1) is 0 Å². The SMILES string of the molecule is CCNC(=O)OCc1c2c(n3c1C(=O)C(OC)=CC3=O)CCCC2O. The summed E-state index contributed by atoms with van der Waals surface area (Å²) < 4.78 is 11.5. The van der Waals surface area contributed by atoms with Crippen LogP contribution in [0.15, 0.2) is 11.8 Å². The van der Waals surface area contributed by atoms with Crippen molar-refractivity contribution in [1.29, 1.82) is 0 Å². The Labute approximate surface area is 144 Å². The first-order valence-corrected chi connectivity index (χ1v) is 8.19. The highest BCUT2D eigenvalue weighted by Gasteiger charge is 2.38. The second-order valence-corrected chi connectivity index (χ2v) is 5.92. The number of hydrogen-bond acceptors (Lipinski definition) is 6. The molecule has 1 aliphatic heterocycles. The molecule has 2 N–H and O–H groups in total. The molecule has 0 spiro atoms. The third-order valence-corrected chi connectivity index (χ3v) is 4.44. The van der Waals surface area contributed by atoms with Gasteiger partial charge in [-0.1, -0.05) is 0 Å². The molecular weight excluding hydrogens is 328 g/mol. The van der Waals surface area contributed by atoms with E-state index in [0.717, 1.165) is 6.08 Å². The van der Waals surface area contributed by atoms with Gasteiger partial charge in [-0.25, -0.2) is 4.79 Å². The minimum atomic E-state index is -0.804. The van der Waals surface area contributed by atoms with Crippen molar-refractivity contribution >= 4 is 17.8 Å². The Morgan fingerprint density at radius 1 is 1.44 bits per heavy atom. The zero-order valence-electron chi connectivity index (χ0n) is 14.1. The molecule has 0 bridgehead atoms. The van der Waals surface area contributed by atoms with Crippen molar-refractivity contribution in [2.24, 2.45) is 0 Å². The van der Waals surface area contributed by atoms with Gasteiger partial charge in [0.2, 0.25) is 5.78 Å². The molecule has 1 aromatic rings. The van der Waals surface area contributed by atoms with Gasteiger partial charge in [0.05, 0.1) is 19.3 Å². The van der Waals surface area contributed by atoms with E-state index in [4.69, 9.17) is 9.47 Å². The van der Waals surface area contributed by atoms with Crippen molar-refractivity contribution in [3.8, 4) is 0 Å². The van der Waals surface area contributed by atoms with Crippen LogP contribution in [0.2, 0.25) is 0 Å². The minimum Gasteiger partial charge on any atom is -0.492 e. The van der Waals surface area contributed by atoms with Gasteiger partial charge in [-0.2, -0.15) is 0 Å². The summed E-state index contributed by atoms with van der Waals surface area (Å²) in [6.07, 6.45) is 1.51. The number of carbonyl (C=O) groups excluding carboxylic acids is 3. The van der Waals surface area contributed by atoms with E-state index in [2.05, 4.69) is 5.32 Å². The summed E-state index contributed by atoms with van der Waals surface area (Å²) in [6.45, 7) is 1.95. The van der Waals surface area contributed by atoms with E-state index in [1.165, 1.54) is 11.7 Å². The van der Waals surface area contributed by atoms with Gasteiger partial charge in [-0.15, -0.1) is 0 Å². The number of Topliss-reactive ketones (excluding diaryl/α,β-unsaturated/α-hetero) is 1. The molecule has 3 rings (SSSR count). The molecule has 0 saturated heterocycles. The lowest BCUT2D eigenvalue weighted by Gasteiger charge is -2.20. The lowest BCUT2D eigenvalue weighted by atomic mass is 9.91. The zero-order chi connectivity index (χ0) is 18.1. The molecule has 1 amide bonds. The van der Waals surface area contributed by atoms with Gasteiger partial charge >= 0.3 is 6.09 Å². The average Bonchev–Trinajstić information content (AvgIpc) is 2.93. The number of methoxy groups -OCH3 is 1. The van der Waals surface area contributed by atoms with E-state index >= 15 is 0 Å². The van der Waals surface area contributed by atoms with Gasteiger partial charge in [0.15, 0.2) is 5.76 Å². The Hall–Kier alpha value is -2.61. The van der Waals surface area contributed by atoms with Crippen molar-refractivity contribution in [3.63, 3.8) is 0 Å². The highest BCUT2D eigenvalue weighted by molar-refractivity contribution is 6.16. The van der Waals surface area contributed by atoms with E-state index in [-0.39, 0.29) is 18.1 Å². The fourth-order valence-electron chi connectivity index (χ4n) is 3.41. The molecule has 8 nitrogen and oxygen atoms in total. The first kappa shape index (κ1) is 17.2. The maximum atomic E-state index is 12.7. The largest absolute Gasteiger partial charge is 0.492 e. The van der Waals surface area contributed by atoms with E-state index in [1.54, 1.807) is 6.92 Å². The van der Waals surface area contributed by atoms with E-state index < -0.39 is 23.9 Å². The Bertz CT molecular complexity index is 777. The van der Waals surface area contributed by atoms with Gasteiger partial charge in [0.1, 0.15) is 12.3 Å². The summed E-state index contributed by atoms with van der Waals surface area (Å²) in [5.41, 5.74) is 1.60. The van der Waals surface area contributed by atoms with Crippen molar-refractivity contribution in [2.75, 3.05) is 13.7 Å². The van der Waals surface area contributed by atoms with Crippen molar-refractivity contribution < 1.29 is 29.0 Å². The quantitative estimate of drug-likeness (QED) is 0.853. The first-order valence-electron chi connectivity index (χ1n) is 8.19. The Balaban J connectivity index is 2.09. The summed E-state index contributed by atoms with van der Waals surface area (Å²) in [5, 5.41) is 12.9. The molecule has 1 unspecified atom stereocenters. The molecule has 1 atom stereocenters. The highest BCUT2D eigenvalue weighted by atomic mass is 16.5. The average molecular weight is 348 g/mol. The topological polar surface area (TPSA) is 107 Å². The standard InChI is InChI=1S/C17H20N2O6/c1-3-18-17(23)25-8-9-14-10(5-4-6-11(14)20)19-13(21)7-12(24-2)16(22)15(9)19/h7,11,20H,3-6,8H2,1-2H3,(H,18,23). The number of amides is 1. The lowest BCUT2D eigenvalue weighted by Crippen LogP contribution is -2.27. The smallest absolute Gasteiger partial charge is 0.407 e. The summed E-state index contributed by atoms with van der Waals surface area (Å²) in [5.74, 6) is -0.930. The maximum Gasteiger partial charge on any atom is 0.407 e. The number of nitrogens with zero attached hydrogens (tertiary/aromatic N) is 1. The molecule has 0 fully saturated rings. The normalized spacial score (nSPS) is 19.0. The lowest BCUT2D eigenvalue weighted by molar-refractivity contribution is 0.0859. The number of allylic oxidation sites excluding steroid dienone is 2. The molecule has 134 valence electrons. The molecule has 1 aliphatic carbocycles. The summed E-state index contributed by atoms with van der Waals surface area (Å²) in [6, 6.07) is 0. The van der Waals surface area contributed by atoms with Crippen LogP contribution in [0.3, 0.4) is 0 Å². The second kappa shape index (κ2) is 6.72. The van der Waals surface area contributed by atoms with E-state index in [0.29, 0.717) is 42.6 Å². The van der Waals surface area contributed by atoms with Crippen molar-refractivity contribution in [3.05, 3.63) is 34.3 Å². The predicted molar refractivity (Wildman–Crippen MR) is 86.2 cm³/mol. The number of aliphatic hydroxyl groups is 1. The molecule has 0 aromatic carbocycles. The summed E-state index contributed by atoms with van der Waals surface area (Å²) in [7, 11) is 1.31. The van der Waals surface area contributed by atoms with E-state index in [9.17, 15) is 19.5 Å². The van der Waals surface area contributed by atoms with Gasteiger partial charge in [-0.3, -0.25) is 14.2 Å². The number of hydrogen-bond donors (Lipinski definition) is 2. The number of ketones is 1. The predicted octanol–water partition coefficient (Wildman–Crippen LogP) is 1.47. The van der Waals surface area contributed by atoms with E-state index in [1.807, 2.05) is 0 Å². The molecular formula is C17H20N2O6. The van der Waals surface area contributed by atoms with Crippen LogP contribution in [0.1, 0.15) is 58.0 Å². The minimum absolute atomic E-state index is 0.0684. The fourth-order valence-corrected chi connectivity index (χ4v) is 3.41. The molecule has 8 heteroatoms. The number of alkyl carbamates (subject to hydrolysis) is 1. The van der Waals surface area contributed by atoms with Gasteiger partial charge < -0.3 is 19.9 Å². The van der Waals surface area contributed by atoms with Crippen LogP contribution < -0.4 is 5.32 Å². The number of fused-ring (bicyclic) bond motifs is 3. The molecule has 1 aromatic heterocycles. The van der Waals surface area contributed by atoms with Gasteiger partial charge in [-0.05, 0) is 26.2 Å². The third kappa shape index (κ3) is 2.82. The van der Waals surface area contributed by atoms with Crippen molar-refractivity contribution in [2.45, 2.75) is 38.9 Å². The molecule has 2 heterocycles. The molecule has 0 radical (unpaired) electrons. The third-order valence-electron chi connectivity index (χ3n) is 4.44. The molecule has 0 saturated carbocycles. The number of carbonyl (C=O) groups is 3. The summed E-state index contributed by atoms with van der Waals surface area (Å²) >= 11 is 0. The number of aromatic nitrogens is 1. The van der Waals surface area contributed by atoms with Crippen LogP contribution in [-0.4, -0.2) is 41.1 Å². The second-order valence-electron chi connectivity index (χ2n) is 5.92. The van der Waals surface area contributed by atoms with Crippen LogP contribution in [0.4, 0.5) is 4.79 Å². The maximum absolute atomic E-state index is 12.7. The number of rotatable bonds is 4. The molecule has 25 heavy (non-hydrogen) atoms. The highest BCUT2D eigenvalue weighted by Crippen LogP contribution is 2.38. The van der Waals surface area contributed by atoms with Crippen LogP contribution >= 0.6 is 0 Å². The number of aliphatic hydroxyl groups excluding tert-OH is 1. The van der Waals surface area contributed by atoms with Crippen LogP contribution in [-0.2, 0) is 22.5 Å². The van der Waals surface area contributed by atoms with Crippen molar-refractivity contribution in [1.82, 2.24) is 9.88 Å². The first-order chi connectivity index (χ1) is 12.0. The van der Waals surface area contributed by atoms with Gasteiger partial charge in [0, 0.05) is 23.4 Å². The number of ether oxygens (including phenoxy) is 2. The van der Waals surface area contributed by atoms with Crippen LogP contribution in [0.25, 0.3) is 0 Å². The monoisotopic (exact) mass is 348 g/mol. The summed E-state index contributed by atoms with van der Waals surface area (Å²) in [4.78, 5) is 36.8. The Morgan fingerprint density at radius 3 is 2.88 bits per heavy atom. The van der Waals surface area contributed by atoms with Gasteiger partial charge in [0.25, 0.3) is 5.91 Å². The number of nitrogens with one attached hydrogen (secondary N) is 1. The zero-order valence-corrected chi connectivity index (χ0v) is 14.1. The van der Waals surface area contributed by atoms with Crippen LogP contribution in [0.5, 0.6) is 0 Å². The Kier molecular flexibility index (Phi) is 4.63. The Morgan fingerprint density at radius 2 is 2.20 bits per heavy atom. The fraction of sp³-hybridized carbons (Fsp3) is 0.471. The molecule has 2 aliphatic rings.